The van der Waals surface area contributed by atoms with Gasteiger partial charge < -0.3 is 15.4 Å². The largest absolute Gasteiger partial charge is 0.483 e. The Balaban J connectivity index is 1.58. The minimum absolute atomic E-state index is 0.0823. The molecule has 2 N–H and O–H groups in total. The van der Waals surface area contributed by atoms with E-state index < -0.39 is 0 Å². The van der Waals surface area contributed by atoms with Crippen LogP contribution in [-0.4, -0.2) is 18.4 Å². The van der Waals surface area contributed by atoms with Crippen LogP contribution in [0.25, 0.3) is 0 Å². The molecule has 0 saturated carbocycles. The second-order valence-corrected chi connectivity index (χ2v) is 7.39. The number of rotatable bonds is 9. The van der Waals surface area contributed by atoms with E-state index in [1.807, 2.05) is 68.4 Å². The number of para-hydroxylation sites is 1. The third kappa shape index (κ3) is 6.44. The van der Waals surface area contributed by atoms with Crippen molar-refractivity contribution in [3.05, 3.63) is 101 Å². The number of carbonyl (C=O) groups is 2. The molecule has 0 aliphatic rings. The maximum atomic E-state index is 12.6. The van der Waals surface area contributed by atoms with E-state index in [9.17, 15) is 9.59 Å². The maximum Gasteiger partial charge on any atom is 0.258 e. The highest BCUT2D eigenvalue weighted by Crippen LogP contribution is 2.19. The first-order valence-corrected chi connectivity index (χ1v) is 10.5. The van der Waals surface area contributed by atoms with Gasteiger partial charge in [-0.3, -0.25) is 9.59 Å². The van der Waals surface area contributed by atoms with Crippen LogP contribution in [0.4, 0.5) is 0 Å². The fourth-order valence-corrected chi connectivity index (χ4v) is 3.25. The number of ether oxygens (including phenoxy) is 1. The smallest absolute Gasteiger partial charge is 0.258 e. The first kappa shape index (κ1) is 22.1. The standard InChI is InChI=1S/C26H28N2O3/c1-3-23(21-15-13-19(2)14-16-21)28-25(29)18-31-24-12-8-7-11-22(24)26(30)27-17-20-9-5-4-6-10-20/h4-16,23H,3,17-18H2,1-2H3,(H,27,30)(H,28,29)/t23-/m1/s1. The molecule has 0 fully saturated rings. The normalized spacial score (nSPS) is 11.4. The minimum Gasteiger partial charge on any atom is -0.483 e. The van der Waals surface area contributed by atoms with E-state index in [0.717, 1.165) is 17.5 Å². The summed E-state index contributed by atoms with van der Waals surface area (Å²) in [4.78, 5) is 25.1. The van der Waals surface area contributed by atoms with Crippen LogP contribution in [0.1, 0.15) is 46.4 Å². The molecule has 3 rings (SSSR count). The summed E-state index contributed by atoms with van der Waals surface area (Å²) in [5.41, 5.74) is 3.64. The number of carbonyl (C=O) groups excluding carboxylic acids is 2. The van der Waals surface area contributed by atoms with Crippen LogP contribution in [0.2, 0.25) is 0 Å². The van der Waals surface area contributed by atoms with Gasteiger partial charge in [-0.2, -0.15) is 0 Å². The SMILES string of the molecule is CC[C@@H](NC(=O)COc1ccccc1C(=O)NCc1ccccc1)c1ccc(C)cc1. The molecule has 2 amide bonds. The Morgan fingerprint density at radius 3 is 2.29 bits per heavy atom. The number of benzene rings is 3. The first-order chi connectivity index (χ1) is 15.1. The number of amides is 2. The molecule has 1 atom stereocenters. The average molecular weight is 417 g/mol. The van der Waals surface area contributed by atoms with Crippen LogP contribution in [0.5, 0.6) is 5.75 Å². The van der Waals surface area contributed by atoms with Gasteiger partial charge in [-0.05, 0) is 36.6 Å². The number of aryl methyl sites for hydroxylation is 1. The summed E-state index contributed by atoms with van der Waals surface area (Å²) >= 11 is 0. The van der Waals surface area contributed by atoms with Gasteiger partial charge in [0.15, 0.2) is 6.61 Å². The molecule has 3 aromatic carbocycles. The lowest BCUT2D eigenvalue weighted by molar-refractivity contribution is -0.123. The summed E-state index contributed by atoms with van der Waals surface area (Å²) in [6, 6.07) is 24.7. The van der Waals surface area contributed by atoms with E-state index in [2.05, 4.69) is 10.6 Å². The number of hydrogen-bond donors (Lipinski definition) is 2. The topological polar surface area (TPSA) is 67.4 Å². The average Bonchev–Trinajstić information content (AvgIpc) is 2.81. The van der Waals surface area contributed by atoms with Gasteiger partial charge >= 0.3 is 0 Å². The molecule has 0 heterocycles. The van der Waals surface area contributed by atoms with Crippen molar-refractivity contribution in [2.75, 3.05) is 6.61 Å². The Kier molecular flexibility index (Phi) is 7.82. The Hall–Kier alpha value is -3.60. The fourth-order valence-electron chi connectivity index (χ4n) is 3.25. The van der Waals surface area contributed by atoms with Crippen molar-refractivity contribution in [1.82, 2.24) is 10.6 Å². The lowest BCUT2D eigenvalue weighted by Crippen LogP contribution is -2.32. The van der Waals surface area contributed by atoms with Crippen molar-refractivity contribution < 1.29 is 14.3 Å². The molecule has 5 heteroatoms. The zero-order valence-corrected chi connectivity index (χ0v) is 17.9. The van der Waals surface area contributed by atoms with Crippen LogP contribution in [-0.2, 0) is 11.3 Å². The summed E-state index contributed by atoms with van der Waals surface area (Å²) in [5, 5.41) is 5.89. The Bertz CT molecular complexity index is 1000. The monoisotopic (exact) mass is 416 g/mol. The van der Waals surface area contributed by atoms with Crippen molar-refractivity contribution in [2.24, 2.45) is 0 Å². The molecule has 0 radical (unpaired) electrons. The van der Waals surface area contributed by atoms with Crippen LogP contribution in [0.3, 0.4) is 0 Å². The molecule has 160 valence electrons. The van der Waals surface area contributed by atoms with Crippen molar-refractivity contribution in [1.29, 1.82) is 0 Å². The molecule has 0 aliphatic carbocycles. The fraction of sp³-hybridized carbons (Fsp3) is 0.231. The Morgan fingerprint density at radius 1 is 0.903 bits per heavy atom. The van der Waals surface area contributed by atoms with Gasteiger partial charge in [0.1, 0.15) is 5.75 Å². The van der Waals surface area contributed by atoms with Gasteiger partial charge in [-0.15, -0.1) is 0 Å². The second kappa shape index (κ2) is 11.0. The van der Waals surface area contributed by atoms with E-state index in [4.69, 9.17) is 4.74 Å². The summed E-state index contributed by atoms with van der Waals surface area (Å²) in [7, 11) is 0. The second-order valence-electron chi connectivity index (χ2n) is 7.39. The van der Waals surface area contributed by atoms with Crippen molar-refractivity contribution in [3.8, 4) is 5.75 Å². The number of hydrogen-bond acceptors (Lipinski definition) is 3. The Morgan fingerprint density at radius 2 is 1.58 bits per heavy atom. The van der Waals surface area contributed by atoms with E-state index in [0.29, 0.717) is 17.9 Å². The van der Waals surface area contributed by atoms with Gasteiger partial charge in [-0.1, -0.05) is 79.2 Å². The zero-order valence-electron chi connectivity index (χ0n) is 17.9. The van der Waals surface area contributed by atoms with E-state index in [1.54, 1.807) is 24.3 Å². The zero-order chi connectivity index (χ0) is 22.1. The molecule has 0 spiro atoms. The first-order valence-electron chi connectivity index (χ1n) is 10.5. The van der Waals surface area contributed by atoms with Gasteiger partial charge in [0.05, 0.1) is 11.6 Å². The lowest BCUT2D eigenvalue weighted by Gasteiger charge is -2.18. The molecule has 31 heavy (non-hydrogen) atoms. The molecule has 5 nitrogen and oxygen atoms in total. The predicted octanol–water partition coefficient (Wildman–Crippen LogP) is 4.57. The van der Waals surface area contributed by atoms with E-state index in [1.165, 1.54) is 5.56 Å². The van der Waals surface area contributed by atoms with Crippen molar-refractivity contribution >= 4 is 11.8 Å². The summed E-state index contributed by atoms with van der Waals surface area (Å²) < 4.78 is 5.70. The highest BCUT2D eigenvalue weighted by atomic mass is 16.5. The lowest BCUT2D eigenvalue weighted by atomic mass is 10.0. The molecule has 0 aromatic heterocycles. The van der Waals surface area contributed by atoms with Crippen LogP contribution in [0.15, 0.2) is 78.9 Å². The van der Waals surface area contributed by atoms with Crippen molar-refractivity contribution in [3.63, 3.8) is 0 Å². The third-order valence-corrected chi connectivity index (χ3v) is 5.01. The minimum atomic E-state index is -0.244. The highest BCUT2D eigenvalue weighted by molar-refractivity contribution is 5.97. The quantitative estimate of drug-likeness (QED) is 0.537. The van der Waals surface area contributed by atoms with Crippen LogP contribution < -0.4 is 15.4 Å². The summed E-state index contributed by atoms with van der Waals surface area (Å²) in [6.45, 7) is 4.32. The van der Waals surface area contributed by atoms with Gasteiger partial charge in [-0.25, -0.2) is 0 Å². The van der Waals surface area contributed by atoms with Gasteiger partial charge in [0.2, 0.25) is 0 Å². The Labute approximate surface area is 183 Å². The molecule has 3 aromatic rings. The molecular formula is C26H28N2O3. The van der Waals surface area contributed by atoms with Gasteiger partial charge in [0.25, 0.3) is 11.8 Å². The van der Waals surface area contributed by atoms with E-state index >= 15 is 0 Å². The molecule has 0 bridgehead atoms. The maximum absolute atomic E-state index is 12.6. The predicted molar refractivity (Wildman–Crippen MR) is 122 cm³/mol. The van der Waals surface area contributed by atoms with Crippen LogP contribution >= 0.6 is 0 Å². The summed E-state index contributed by atoms with van der Waals surface area (Å²) in [5.74, 6) is -0.0931. The van der Waals surface area contributed by atoms with Gasteiger partial charge in [0, 0.05) is 6.54 Å². The number of nitrogens with one attached hydrogen (secondary N) is 2. The highest BCUT2D eigenvalue weighted by Gasteiger charge is 2.16. The third-order valence-electron chi connectivity index (χ3n) is 5.01. The molecule has 0 saturated heterocycles. The molecule has 0 unspecified atom stereocenters. The molecule has 0 aliphatic heterocycles. The molecular weight excluding hydrogens is 388 g/mol. The van der Waals surface area contributed by atoms with E-state index in [-0.39, 0.29) is 24.5 Å². The van der Waals surface area contributed by atoms with Crippen molar-refractivity contribution in [2.45, 2.75) is 32.9 Å². The summed E-state index contributed by atoms with van der Waals surface area (Å²) in [6.07, 6.45) is 0.771. The van der Waals surface area contributed by atoms with Crippen LogP contribution in [0, 0.1) is 6.92 Å².